The number of hydrogen-bond donors (Lipinski definition) is 2. The maximum atomic E-state index is 11.9. The second-order valence-corrected chi connectivity index (χ2v) is 6.15. The molecule has 2 N–H and O–H groups in total. The Labute approximate surface area is 138 Å². The Morgan fingerprint density at radius 2 is 2.13 bits per heavy atom. The van der Waals surface area contributed by atoms with Gasteiger partial charge < -0.3 is 14.6 Å². The van der Waals surface area contributed by atoms with Crippen molar-refractivity contribution in [3.8, 4) is 0 Å². The quantitative estimate of drug-likeness (QED) is 0.806. The lowest BCUT2D eigenvalue weighted by molar-refractivity contribution is -0.132. The van der Waals surface area contributed by atoms with E-state index in [0.29, 0.717) is 18.7 Å². The highest BCUT2D eigenvalue weighted by Crippen LogP contribution is 2.25. The summed E-state index contributed by atoms with van der Waals surface area (Å²) in [6, 6.07) is 7.80. The van der Waals surface area contributed by atoms with Crippen LogP contribution in [0.1, 0.15) is 44.6 Å². The van der Waals surface area contributed by atoms with E-state index in [9.17, 15) is 9.90 Å². The van der Waals surface area contributed by atoms with Gasteiger partial charge in [-0.15, -0.1) is 0 Å². The summed E-state index contributed by atoms with van der Waals surface area (Å²) < 4.78 is 10.9. The molecule has 0 radical (unpaired) electrons. The van der Waals surface area contributed by atoms with Crippen LogP contribution in [0.25, 0.3) is 0 Å². The number of carbonyl (C=O) groups excluding carboxylic acids is 1. The first-order valence-corrected chi connectivity index (χ1v) is 8.45. The maximum absolute atomic E-state index is 11.9. The molecule has 1 heterocycles. The molecule has 1 unspecified atom stereocenters. The lowest BCUT2D eigenvalue weighted by Gasteiger charge is -2.34. The van der Waals surface area contributed by atoms with Gasteiger partial charge in [0.15, 0.2) is 0 Å². The Hall–Kier alpha value is -1.59. The Morgan fingerprint density at radius 3 is 2.74 bits per heavy atom. The highest BCUT2D eigenvalue weighted by Gasteiger charge is 2.34. The average molecular weight is 321 g/mol. The number of rotatable bonds is 7. The van der Waals surface area contributed by atoms with Crippen LogP contribution in [0.4, 0.5) is 10.5 Å². The first kappa shape index (κ1) is 17.8. The van der Waals surface area contributed by atoms with Gasteiger partial charge in [0.25, 0.3) is 0 Å². The normalized spacial score (nSPS) is 21.0. The largest absolute Gasteiger partial charge is 0.446 e. The van der Waals surface area contributed by atoms with Gasteiger partial charge in [0, 0.05) is 12.3 Å². The molecule has 1 atom stereocenters. The van der Waals surface area contributed by atoms with Crippen molar-refractivity contribution >= 4 is 11.8 Å². The van der Waals surface area contributed by atoms with Crippen molar-refractivity contribution in [2.24, 2.45) is 0 Å². The van der Waals surface area contributed by atoms with E-state index < -0.39 is 11.7 Å². The highest BCUT2D eigenvalue weighted by atomic mass is 16.6. The van der Waals surface area contributed by atoms with E-state index in [-0.39, 0.29) is 13.2 Å². The fraction of sp³-hybridized carbons (Fsp3) is 0.611. The zero-order valence-electron chi connectivity index (χ0n) is 13.8. The van der Waals surface area contributed by atoms with Crippen molar-refractivity contribution in [1.82, 2.24) is 0 Å². The van der Waals surface area contributed by atoms with E-state index in [4.69, 9.17) is 9.47 Å². The van der Waals surface area contributed by atoms with Gasteiger partial charge in [0.1, 0.15) is 12.2 Å². The minimum absolute atomic E-state index is 0.0733. The monoisotopic (exact) mass is 321 g/mol. The zero-order valence-corrected chi connectivity index (χ0v) is 13.8. The molecular formula is C18H27NO4. The number of nitrogens with one attached hydrogen (secondary N) is 1. The second kappa shape index (κ2) is 8.89. The SMILES string of the molecule is CCCCc1ccc(NC(=O)OCC2(CO)CCCCO2)cc1. The van der Waals surface area contributed by atoms with Crippen LogP contribution < -0.4 is 5.32 Å². The number of hydrogen-bond acceptors (Lipinski definition) is 4. The summed E-state index contributed by atoms with van der Waals surface area (Å²) in [5.41, 5.74) is 1.23. The molecule has 0 aromatic heterocycles. The number of ether oxygens (including phenoxy) is 2. The standard InChI is InChI=1S/C18H27NO4/c1-2-3-6-15-7-9-16(10-8-15)19-17(21)22-14-18(13-20)11-4-5-12-23-18/h7-10,20H,2-6,11-14H2,1H3,(H,19,21). The predicted octanol–water partition coefficient (Wildman–Crippen LogP) is 3.51. The van der Waals surface area contributed by atoms with Gasteiger partial charge in [0.05, 0.1) is 6.61 Å². The minimum atomic E-state index is -0.737. The molecule has 1 amide bonds. The fourth-order valence-electron chi connectivity index (χ4n) is 2.68. The minimum Gasteiger partial charge on any atom is -0.446 e. The van der Waals surface area contributed by atoms with Crippen LogP contribution in [0.2, 0.25) is 0 Å². The third-order valence-corrected chi connectivity index (χ3v) is 4.21. The van der Waals surface area contributed by atoms with Crippen molar-refractivity contribution in [2.75, 3.05) is 25.1 Å². The van der Waals surface area contributed by atoms with Crippen molar-refractivity contribution in [3.63, 3.8) is 0 Å². The van der Waals surface area contributed by atoms with Gasteiger partial charge in [-0.05, 0) is 49.8 Å². The summed E-state index contributed by atoms with van der Waals surface area (Å²) in [6.45, 7) is 2.71. The molecular weight excluding hydrogens is 294 g/mol. The van der Waals surface area contributed by atoms with Crippen LogP contribution in [0.15, 0.2) is 24.3 Å². The molecule has 1 aromatic rings. The highest BCUT2D eigenvalue weighted by molar-refractivity contribution is 5.84. The molecule has 1 saturated heterocycles. The molecule has 0 bridgehead atoms. The van der Waals surface area contributed by atoms with E-state index in [0.717, 1.165) is 25.7 Å². The van der Waals surface area contributed by atoms with Crippen LogP contribution >= 0.6 is 0 Å². The molecule has 1 aromatic carbocycles. The van der Waals surface area contributed by atoms with E-state index in [2.05, 4.69) is 12.2 Å². The van der Waals surface area contributed by atoms with E-state index in [1.807, 2.05) is 24.3 Å². The lowest BCUT2D eigenvalue weighted by atomic mass is 9.96. The van der Waals surface area contributed by atoms with Crippen molar-refractivity contribution in [2.45, 2.75) is 51.0 Å². The number of carbonyl (C=O) groups is 1. The lowest BCUT2D eigenvalue weighted by Crippen LogP contribution is -2.45. The van der Waals surface area contributed by atoms with E-state index >= 15 is 0 Å². The Bertz CT molecular complexity index is 480. The number of aliphatic hydroxyl groups is 1. The number of unbranched alkanes of at least 4 members (excludes halogenated alkanes) is 1. The van der Waals surface area contributed by atoms with E-state index in [1.54, 1.807) is 0 Å². The predicted molar refractivity (Wildman–Crippen MR) is 89.6 cm³/mol. The van der Waals surface area contributed by atoms with Gasteiger partial charge in [-0.2, -0.15) is 0 Å². The van der Waals surface area contributed by atoms with Crippen molar-refractivity contribution in [1.29, 1.82) is 0 Å². The van der Waals surface area contributed by atoms with Gasteiger partial charge in [0.2, 0.25) is 0 Å². The van der Waals surface area contributed by atoms with Crippen LogP contribution in [0.5, 0.6) is 0 Å². The third-order valence-electron chi connectivity index (χ3n) is 4.21. The van der Waals surface area contributed by atoms with Gasteiger partial charge >= 0.3 is 6.09 Å². The van der Waals surface area contributed by atoms with Crippen molar-refractivity contribution < 1.29 is 19.4 Å². The molecule has 0 spiro atoms. The zero-order chi connectivity index (χ0) is 16.5. The molecule has 0 saturated carbocycles. The van der Waals surface area contributed by atoms with Crippen molar-refractivity contribution in [3.05, 3.63) is 29.8 Å². The molecule has 1 aliphatic rings. The summed E-state index contributed by atoms with van der Waals surface area (Å²) in [6.07, 6.45) is 5.54. The summed E-state index contributed by atoms with van der Waals surface area (Å²) in [5.74, 6) is 0. The van der Waals surface area contributed by atoms with Gasteiger partial charge in [-0.25, -0.2) is 4.79 Å². The molecule has 5 heteroatoms. The van der Waals surface area contributed by atoms with E-state index in [1.165, 1.54) is 12.0 Å². The first-order chi connectivity index (χ1) is 11.2. The number of benzene rings is 1. The Morgan fingerprint density at radius 1 is 1.35 bits per heavy atom. The molecule has 1 aliphatic heterocycles. The average Bonchev–Trinajstić information content (AvgIpc) is 2.60. The molecule has 1 fully saturated rings. The molecule has 0 aliphatic carbocycles. The number of amides is 1. The number of anilines is 1. The van der Waals surface area contributed by atoms with Crippen LogP contribution in [0.3, 0.4) is 0 Å². The Kier molecular flexibility index (Phi) is 6.86. The molecule has 5 nitrogen and oxygen atoms in total. The van der Waals surface area contributed by atoms with Crippen LogP contribution in [0, 0.1) is 0 Å². The van der Waals surface area contributed by atoms with Gasteiger partial charge in [-0.1, -0.05) is 25.5 Å². The number of aryl methyl sites for hydroxylation is 1. The first-order valence-electron chi connectivity index (χ1n) is 8.45. The molecule has 23 heavy (non-hydrogen) atoms. The second-order valence-electron chi connectivity index (χ2n) is 6.15. The summed E-state index contributed by atoms with van der Waals surface area (Å²) in [4.78, 5) is 11.9. The topological polar surface area (TPSA) is 67.8 Å². The summed E-state index contributed by atoms with van der Waals surface area (Å²) in [7, 11) is 0. The third kappa shape index (κ3) is 5.52. The molecule has 2 rings (SSSR count). The summed E-state index contributed by atoms with van der Waals surface area (Å²) >= 11 is 0. The number of aliphatic hydroxyl groups excluding tert-OH is 1. The van der Waals surface area contributed by atoms with Crippen LogP contribution in [-0.4, -0.2) is 36.6 Å². The smallest absolute Gasteiger partial charge is 0.411 e. The van der Waals surface area contributed by atoms with Crippen LogP contribution in [-0.2, 0) is 15.9 Å². The maximum Gasteiger partial charge on any atom is 0.411 e. The fourth-order valence-corrected chi connectivity index (χ4v) is 2.68. The Balaban J connectivity index is 1.79. The molecule has 128 valence electrons. The van der Waals surface area contributed by atoms with Gasteiger partial charge in [-0.3, -0.25) is 5.32 Å². The summed E-state index contributed by atoms with van der Waals surface area (Å²) in [5, 5.41) is 12.2.